The minimum atomic E-state index is -3.86. The van der Waals surface area contributed by atoms with Crippen LogP contribution < -0.4 is 5.32 Å². The van der Waals surface area contributed by atoms with Gasteiger partial charge in [0.15, 0.2) is 0 Å². The summed E-state index contributed by atoms with van der Waals surface area (Å²) in [6.45, 7) is 4.41. The summed E-state index contributed by atoms with van der Waals surface area (Å²) in [7, 11) is -2.42. The predicted molar refractivity (Wildman–Crippen MR) is 158 cm³/mol. The molecule has 0 fully saturated rings. The van der Waals surface area contributed by atoms with Crippen LogP contribution in [-0.4, -0.2) is 60.7 Å². The topological polar surface area (TPSA) is 107 Å². The summed E-state index contributed by atoms with van der Waals surface area (Å²) in [5.41, 5.74) is 3.96. The number of aliphatic hydroxyl groups is 1. The van der Waals surface area contributed by atoms with Crippen molar-refractivity contribution in [2.75, 3.05) is 20.1 Å². The van der Waals surface area contributed by atoms with Gasteiger partial charge in [0.25, 0.3) is 0 Å². The Kier molecular flexibility index (Phi) is 9.44. The number of hydrogen-bond donors (Lipinski definition) is 3. The molecule has 1 aliphatic rings. The predicted octanol–water partition coefficient (Wildman–Crippen LogP) is 4.75. The van der Waals surface area contributed by atoms with Crippen molar-refractivity contribution < 1.29 is 27.8 Å². The number of benzene rings is 3. The number of halogens is 1. The zero-order valence-corrected chi connectivity index (χ0v) is 24.4. The van der Waals surface area contributed by atoms with Gasteiger partial charge in [-0.05, 0) is 91.6 Å². The number of sulfonamides is 1. The number of carboxylic acids is 1. The second-order valence-electron chi connectivity index (χ2n) is 11.4. The van der Waals surface area contributed by atoms with Gasteiger partial charge in [-0.1, -0.05) is 42.5 Å². The monoisotopic (exact) mass is 580 g/mol. The highest BCUT2D eigenvalue weighted by atomic mass is 32.2. The van der Waals surface area contributed by atoms with Gasteiger partial charge in [-0.25, -0.2) is 17.6 Å². The SMILES string of the molecule is CN(C[C@H](O)CNC(C)(C)CC1Cc2ccccc2C1)S(=O)(=O)c1ccc(-c2ccc(F)c(/C=C/C(=O)O)c2)cc1. The lowest BCUT2D eigenvalue weighted by Crippen LogP contribution is -2.47. The fourth-order valence-corrected chi connectivity index (χ4v) is 6.66. The molecule has 0 spiro atoms. The standard InChI is InChI=1S/C32H37FN2O5S/c1-32(2,19-22-16-24-6-4-5-7-25(24)17-22)34-20-28(36)21-35(3)41(39,40)29-12-8-23(9-13-29)26-10-14-30(33)27(18-26)11-15-31(37)38/h4-15,18,22,28,34,36H,16-17,19-21H2,1-3H3,(H,37,38)/b15-11+/t28-/m1/s1. The molecule has 9 heteroatoms. The van der Waals surface area contributed by atoms with Crippen LogP contribution in [0.5, 0.6) is 0 Å². The van der Waals surface area contributed by atoms with Crippen molar-refractivity contribution in [3.63, 3.8) is 0 Å². The van der Waals surface area contributed by atoms with Gasteiger partial charge in [-0.2, -0.15) is 4.31 Å². The van der Waals surface area contributed by atoms with Crippen molar-refractivity contribution in [3.8, 4) is 11.1 Å². The molecular weight excluding hydrogens is 543 g/mol. The van der Waals surface area contributed by atoms with E-state index in [9.17, 15) is 22.7 Å². The molecule has 3 N–H and O–H groups in total. The van der Waals surface area contributed by atoms with Crippen LogP contribution in [0.15, 0.2) is 77.7 Å². The molecular formula is C32H37FN2O5S. The molecule has 0 unspecified atom stereocenters. The van der Waals surface area contributed by atoms with Crippen LogP contribution in [0, 0.1) is 11.7 Å². The lowest BCUT2D eigenvalue weighted by atomic mass is 9.88. The van der Waals surface area contributed by atoms with Gasteiger partial charge in [0.1, 0.15) is 5.82 Å². The molecule has 0 saturated carbocycles. The third kappa shape index (κ3) is 7.89. The van der Waals surface area contributed by atoms with E-state index in [0.717, 1.165) is 29.6 Å². The van der Waals surface area contributed by atoms with E-state index in [1.165, 1.54) is 48.5 Å². The first kappa shape index (κ1) is 30.6. The van der Waals surface area contributed by atoms with Crippen molar-refractivity contribution in [1.82, 2.24) is 9.62 Å². The summed E-state index contributed by atoms with van der Waals surface area (Å²) >= 11 is 0. The van der Waals surface area contributed by atoms with Crippen LogP contribution in [0.3, 0.4) is 0 Å². The summed E-state index contributed by atoms with van der Waals surface area (Å²) in [5, 5.41) is 22.9. The number of likely N-dealkylation sites (N-methyl/N-ethyl adjacent to an activating group) is 1. The van der Waals surface area contributed by atoms with E-state index in [1.54, 1.807) is 18.2 Å². The fourth-order valence-electron chi connectivity index (χ4n) is 5.45. The van der Waals surface area contributed by atoms with E-state index in [1.807, 2.05) is 0 Å². The number of β-amino-alcohol motifs (C(OH)–C–C–N with tert-alkyl or cyclic N) is 1. The highest BCUT2D eigenvalue weighted by Gasteiger charge is 2.29. The third-order valence-electron chi connectivity index (χ3n) is 7.52. The fraction of sp³-hybridized carbons (Fsp3) is 0.344. The maximum Gasteiger partial charge on any atom is 0.328 e. The summed E-state index contributed by atoms with van der Waals surface area (Å²) in [6, 6.07) is 18.9. The molecule has 0 saturated heterocycles. The van der Waals surface area contributed by atoms with Gasteiger partial charge in [0.2, 0.25) is 10.0 Å². The Labute approximate surface area is 241 Å². The number of nitrogens with one attached hydrogen (secondary N) is 1. The molecule has 3 aromatic rings. The van der Waals surface area contributed by atoms with E-state index in [2.05, 4.69) is 43.4 Å². The first-order valence-corrected chi connectivity index (χ1v) is 15.1. The van der Waals surface area contributed by atoms with Gasteiger partial charge in [0.05, 0.1) is 11.0 Å². The molecule has 0 heterocycles. The van der Waals surface area contributed by atoms with E-state index in [4.69, 9.17) is 5.11 Å². The van der Waals surface area contributed by atoms with Crippen LogP contribution in [0.1, 0.15) is 37.0 Å². The van der Waals surface area contributed by atoms with Crippen molar-refractivity contribution in [1.29, 1.82) is 0 Å². The van der Waals surface area contributed by atoms with Gasteiger partial charge < -0.3 is 15.5 Å². The lowest BCUT2D eigenvalue weighted by Gasteiger charge is -2.31. The molecule has 0 amide bonds. The average molecular weight is 581 g/mol. The molecule has 4 rings (SSSR count). The van der Waals surface area contributed by atoms with Crippen molar-refractivity contribution in [2.24, 2.45) is 5.92 Å². The lowest BCUT2D eigenvalue weighted by molar-refractivity contribution is -0.131. The van der Waals surface area contributed by atoms with Crippen LogP contribution in [-0.2, 0) is 27.7 Å². The molecule has 7 nitrogen and oxygen atoms in total. The number of fused-ring (bicyclic) bond motifs is 1. The largest absolute Gasteiger partial charge is 0.478 e. The van der Waals surface area contributed by atoms with E-state index in [0.29, 0.717) is 17.0 Å². The minimum absolute atomic E-state index is 0.0677. The molecule has 0 radical (unpaired) electrons. The molecule has 1 atom stereocenters. The number of aliphatic carboxylic acids is 1. The van der Waals surface area contributed by atoms with Gasteiger partial charge >= 0.3 is 5.97 Å². The van der Waals surface area contributed by atoms with Crippen LogP contribution >= 0.6 is 0 Å². The summed E-state index contributed by atoms with van der Waals surface area (Å²) in [4.78, 5) is 10.8. The Balaban J connectivity index is 1.33. The molecule has 41 heavy (non-hydrogen) atoms. The maximum absolute atomic E-state index is 14.1. The Hall–Kier alpha value is -3.37. The van der Waals surface area contributed by atoms with Crippen molar-refractivity contribution in [2.45, 2.75) is 49.6 Å². The first-order valence-electron chi connectivity index (χ1n) is 13.6. The number of carboxylic acid groups (broad SMARTS) is 1. The summed E-state index contributed by atoms with van der Waals surface area (Å²) in [5.74, 6) is -1.22. The molecule has 0 aromatic heterocycles. The maximum atomic E-state index is 14.1. The second-order valence-corrected chi connectivity index (χ2v) is 13.4. The number of aliphatic hydroxyl groups excluding tert-OH is 1. The molecule has 218 valence electrons. The van der Waals surface area contributed by atoms with Crippen LogP contribution in [0.2, 0.25) is 0 Å². The number of rotatable bonds is 12. The summed E-state index contributed by atoms with van der Waals surface area (Å²) < 4.78 is 41.6. The second kappa shape index (κ2) is 12.7. The zero-order chi connectivity index (χ0) is 29.8. The molecule has 3 aromatic carbocycles. The molecule has 0 aliphatic heterocycles. The Morgan fingerprint density at radius 2 is 1.68 bits per heavy atom. The van der Waals surface area contributed by atoms with Gasteiger partial charge in [-0.15, -0.1) is 0 Å². The average Bonchev–Trinajstić information content (AvgIpc) is 3.33. The number of hydrogen-bond acceptors (Lipinski definition) is 5. The normalized spacial score (nSPS) is 15.0. The zero-order valence-electron chi connectivity index (χ0n) is 23.5. The first-order chi connectivity index (χ1) is 19.3. The number of nitrogens with zero attached hydrogens (tertiary/aromatic N) is 1. The molecule has 1 aliphatic carbocycles. The van der Waals surface area contributed by atoms with Crippen molar-refractivity contribution in [3.05, 3.63) is 95.3 Å². The highest BCUT2D eigenvalue weighted by molar-refractivity contribution is 7.89. The smallest absolute Gasteiger partial charge is 0.328 e. The van der Waals surface area contributed by atoms with E-state index < -0.39 is 27.9 Å². The Morgan fingerprint density at radius 3 is 2.29 bits per heavy atom. The minimum Gasteiger partial charge on any atom is -0.478 e. The Morgan fingerprint density at radius 1 is 1.07 bits per heavy atom. The Bertz CT molecular complexity index is 1490. The van der Waals surface area contributed by atoms with E-state index >= 15 is 0 Å². The van der Waals surface area contributed by atoms with Crippen LogP contribution in [0.25, 0.3) is 17.2 Å². The quantitative estimate of drug-likeness (QED) is 0.267. The van der Waals surface area contributed by atoms with Crippen molar-refractivity contribution >= 4 is 22.1 Å². The molecule has 0 bridgehead atoms. The van der Waals surface area contributed by atoms with E-state index in [-0.39, 0.29) is 29.1 Å². The number of carbonyl (C=O) groups is 1. The van der Waals surface area contributed by atoms with Gasteiger partial charge in [0, 0.05) is 37.3 Å². The highest BCUT2D eigenvalue weighted by Crippen LogP contribution is 2.32. The third-order valence-corrected chi connectivity index (χ3v) is 9.35. The van der Waals surface area contributed by atoms with Gasteiger partial charge in [-0.3, -0.25) is 0 Å². The van der Waals surface area contributed by atoms with Crippen LogP contribution in [0.4, 0.5) is 4.39 Å². The summed E-state index contributed by atoms with van der Waals surface area (Å²) in [6.07, 6.45) is 4.17.